The Labute approximate surface area is 98.8 Å². The molecule has 2 aliphatic rings. The van der Waals surface area contributed by atoms with E-state index in [2.05, 4.69) is 51.3 Å². The van der Waals surface area contributed by atoms with Gasteiger partial charge >= 0.3 is 0 Å². The fourth-order valence-corrected chi connectivity index (χ4v) is 2.95. The molecule has 15 heavy (non-hydrogen) atoms. The summed E-state index contributed by atoms with van der Waals surface area (Å²) in [6, 6.07) is 6.52. The van der Waals surface area contributed by atoms with Gasteiger partial charge in [0.2, 0.25) is 0 Å². The molecule has 0 atom stereocenters. The van der Waals surface area contributed by atoms with Gasteiger partial charge < -0.3 is 10.2 Å². The van der Waals surface area contributed by atoms with Crippen LogP contribution in [0, 0.1) is 0 Å². The smallest absolute Gasteiger partial charge is 0.0608 e. The Morgan fingerprint density at radius 3 is 2.93 bits per heavy atom. The largest absolute Gasteiger partial charge is 0.381 e. The SMILES string of the molecule is CCN1c2ccc(Br)cc2NCC12CC2. The van der Waals surface area contributed by atoms with Crippen molar-refractivity contribution in [2.45, 2.75) is 25.3 Å². The second-order valence-electron chi connectivity index (χ2n) is 4.48. The van der Waals surface area contributed by atoms with E-state index in [-0.39, 0.29) is 0 Å². The zero-order chi connectivity index (χ0) is 10.5. The molecule has 0 radical (unpaired) electrons. The number of hydrogen-bond acceptors (Lipinski definition) is 2. The van der Waals surface area contributed by atoms with Crippen LogP contribution in [0.3, 0.4) is 0 Å². The van der Waals surface area contributed by atoms with Gasteiger partial charge in [0, 0.05) is 17.6 Å². The molecule has 0 saturated heterocycles. The second kappa shape index (κ2) is 3.14. The van der Waals surface area contributed by atoms with Gasteiger partial charge in [-0.25, -0.2) is 0 Å². The molecular weight excluding hydrogens is 252 g/mol. The Bertz CT molecular complexity index is 399. The van der Waals surface area contributed by atoms with E-state index in [1.807, 2.05) is 0 Å². The van der Waals surface area contributed by atoms with Crippen molar-refractivity contribution in [2.24, 2.45) is 0 Å². The van der Waals surface area contributed by atoms with E-state index in [4.69, 9.17) is 0 Å². The topological polar surface area (TPSA) is 15.3 Å². The molecule has 1 heterocycles. The Morgan fingerprint density at radius 1 is 1.47 bits per heavy atom. The first-order valence-corrected chi connectivity index (χ1v) is 6.35. The first-order valence-electron chi connectivity index (χ1n) is 5.56. The molecule has 0 unspecified atom stereocenters. The molecule has 3 heteroatoms. The third-order valence-electron chi connectivity index (χ3n) is 3.57. The number of nitrogens with zero attached hydrogens (tertiary/aromatic N) is 1. The van der Waals surface area contributed by atoms with Crippen LogP contribution in [0.5, 0.6) is 0 Å². The van der Waals surface area contributed by atoms with Crippen LogP contribution in [0.25, 0.3) is 0 Å². The summed E-state index contributed by atoms with van der Waals surface area (Å²) >= 11 is 3.52. The fraction of sp³-hybridized carbons (Fsp3) is 0.500. The molecule has 0 aromatic heterocycles. The van der Waals surface area contributed by atoms with Crippen molar-refractivity contribution >= 4 is 27.3 Å². The van der Waals surface area contributed by atoms with Crippen LogP contribution in [-0.4, -0.2) is 18.6 Å². The van der Waals surface area contributed by atoms with Crippen molar-refractivity contribution in [3.8, 4) is 0 Å². The summed E-state index contributed by atoms with van der Waals surface area (Å²) in [4.78, 5) is 2.56. The van der Waals surface area contributed by atoms with Gasteiger partial charge in [0.1, 0.15) is 0 Å². The summed E-state index contributed by atoms with van der Waals surface area (Å²) in [5, 5.41) is 3.55. The molecule has 0 amide bonds. The molecule has 1 N–H and O–H groups in total. The van der Waals surface area contributed by atoms with E-state index in [0.29, 0.717) is 5.54 Å². The number of benzene rings is 1. The zero-order valence-electron chi connectivity index (χ0n) is 8.89. The third-order valence-corrected chi connectivity index (χ3v) is 4.07. The monoisotopic (exact) mass is 266 g/mol. The van der Waals surface area contributed by atoms with Gasteiger partial charge in [-0.15, -0.1) is 0 Å². The van der Waals surface area contributed by atoms with Gasteiger partial charge in [0.25, 0.3) is 0 Å². The Balaban J connectivity index is 2.06. The standard InChI is InChI=1S/C12H15BrN2/c1-2-15-11-4-3-9(13)7-10(11)14-8-12(15)5-6-12/h3-4,7,14H,2,5-6,8H2,1H3. The Kier molecular flexibility index (Phi) is 2.00. The quantitative estimate of drug-likeness (QED) is 0.840. The minimum absolute atomic E-state index is 0.440. The van der Waals surface area contributed by atoms with Crippen molar-refractivity contribution in [2.75, 3.05) is 23.3 Å². The second-order valence-corrected chi connectivity index (χ2v) is 5.40. The molecule has 1 saturated carbocycles. The van der Waals surface area contributed by atoms with E-state index < -0.39 is 0 Å². The molecule has 1 aromatic rings. The number of halogens is 1. The maximum Gasteiger partial charge on any atom is 0.0608 e. The highest BCUT2D eigenvalue weighted by molar-refractivity contribution is 9.10. The van der Waals surface area contributed by atoms with Gasteiger partial charge in [0.05, 0.1) is 16.9 Å². The van der Waals surface area contributed by atoms with E-state index in [0.717, 1.165) is 17.6 Å². The lowest BCUT2D eigenvalue weighted by atomic mass is 10.1. The maximum atomic E-state index is 3.55. The highest BCUT2D eigenvalue weighted by atomic mass is 79.9. The molecule has 1 spiro atoms. The number of anilines is 2. The molecule has 1 fully saturated rings. The summed E-state index contributed by atoms with van der Waals surface area (Å²) in [5.74, 6) is 0. The van der Waals surface area contributed by atoms with E-state index >= 15 is 0 Å². The minimum atomic E-state index is 0.440. The van der Waals surface area contributed by atoms with Crippen molar-refractivity contribution in [1.82, 2.24) is 0 Å². The number of likely N-dealkylation sites (N-methyl/N-ethyl adjacent to an activating group) is 1. The summed E-state index contributed by atoms with van der Waals surface area (Å²) in [6.07, 6.45) is 2.67. The Hall–Kier alpha value is -0.700. The number of fused-ring (bicyclic) bond motifs is 1. The Morgan fingerprint density at radius 2 is 2.27 bits per heavy atom. The normalized spacial score (nSPS) is 21.1. The van der Waals surface area contributed by atoms with Gasteiger partial charge in [-0.2, -0.15) is 0 Å². The molecule has 3 rings (SSSR count). The van der Waals surface area contributed by atoms with Crippen LogP contribution in [0.1, 0.15) is 19.8 Å². The highest BCUT2D eigenvalue weighted by Crippen LogP contribution is 2.49. The summed E-state index contributed by atoms with van der Waals surface area (Å²) < 4.78 is 1.15. The van der Waals surface area contributed by atoms with Crippen molar-refractivity contribution < 1.29 is 0 Å². The summed E-state index contributed by atoms with van der Waals surface area (Å²) in [6.45, 7) is 4.46. The molecule has 80 valence electrons. The van der Waals surface area contributed by atoms with E-state index in [1.165, 1.54) is 24.2 Å². The van der Waals surface area contributed by atoms with Gasteiger partial charge in [-0.1, -0.05) is 15.9 Å². The minimum Gasteiger partial charge on any atom is -0.381 e. The molecule has 2 nitrogen and oxygen atoms in total. The first kappa shape index (κ1) is 9.52. The van der Waals surface area contributed by atoms with E-state index in [9.17, 15) is 0 Å². The van der Waals surface area contributed by atoms with Crippen molar-refractivity contribution in [3.05, 3.63) is 22.7 Å². The predicted octanol–water partition coefficient (Wildman–Crippen LogP) is 3.23. The maximum absolute atomic E-state index is 3.55. The number of nitrogens with one attached hydrogen (secondary N) is 1. The highest BCUT2D eigenvalue weighted by Gasteiger charge is 2.49. The molecule has 0 bridgehead atoms. The van der Waals surface area contributed by atoms with Gasteiger partial charge in [0.15, 0.2) is 0 Å². The molecule has 1 aliphatic heterocycles. The lowest BCUT2D eigenvalue weighted by Crippen LogP contribution is -2.46. The van der Waals surface area contributed by atoms with Gasteiger partial charge in [-0.3, -0.25) is 0 Å². The third kappa shape index (κ3) is 1.36. The van der Waals surface area contributed by atoms with E-state index in [1.54, 1.807) is 0 Å². The number of hydrogen-bond donors (Lipinski definition) is 1. The average molecular weight is 267 g/mol. The average Bonchev–Trinajstić information content (AvgIpc) is 2.99. The van der Waals surface area contributed by atoms with Crippen molar-refractivity contribution in [1.29, 1.82) is 0 Å². The first-order chi connectivity index (χ1) is 7.25. The van der Waals surface area contributed by atoms with Crippen LogP contribution in [-0.2, 0) is 0 Å². The summed E-state index contributed by atoms with van der Waals surface area (Å²) in [7, 11) is 0. The van der Waals surface area contributed by atoms with Crippen LogP contribution in [0.4, 0.5) is 11.4 Å². The lowest BCUT2D eigenvalue weighted by Gasteiger charge is -2.39. The molecule has 1 aromatic carbocycles. The van der Waals surface area contributed by atoms with Crippen LogP contribution in [0.15, 0.2) is 22.7 Å². The van der Waals surface area contributed by atoms with Crippen LogP contribution < -0.4 is 10.2 Å². The lowest BCUT2D eigenvalue weighted by molar-refractivity contribution is 0.605. The van der Waals surface area contributed by atoms with Gasteiger partial charge in [-0.05, 0) is 38.0 Å². The molecular formula is C12H15BrN2. The van der Waals surface area contributed by atoms with Crippen LogP contribution >= 0.6 is 15.9 Å². The molecule has 1 aliphatic carbocycles. The van der Waals surface area contributed by atoms with Crippen molar-refractivity contribution in [3.63, 3.8) is 0 Å². The zero-order valence-corrected chi connectivity index (χ0v) is 10.5. The van der Waals surface area contributed by atoms with Crippen LogP contribution in [0.2, 0.25) is 0 Å². The summed E-state index contributed by atoms with van der Waals surface area (Å²) in [5.41, 5.74) is 3.07. The fourth-order valence-electron chi connectivity index (χ4n) is 2.59. The number of rotatable bonds is 1. The predicted molar refractivity (Wildman–Crippen MR) is 67.6 cm³/mol.